The van der Waals surface area contributed by atoms with Crippen LogP contribution in [0.4, 0.5) is 5.69 Å². The summed E-state index contributed by atoms with van der Waals surface area (Å²) in [6, 6.07) is 21.6. The summed E-state index contributed by atoms with van der Waals surface area (Å²) in [6.45, 7) is 6.32. The molecule has 2 aliphatic carbocycles. The zero-order valence-corrected chi connectivity index (χ0v) is 28.2. The molecule has 248 valence electrons. The first kappa shape index (κ1) is 33.1. The summed E-state index contributed by atoms with van der Waals surface area (Å²) < 4.78 is 6.04. The normalized spacial score (nSPS) is 18.7. The Balaban J connectivity index is 1.39. The Hall–Kier alpha value is -4.82. The molecule has 1 atom stereocenters. The Labute approximate surface area is 286 Å². The smallest absolute Gasteiger partial charge is 0.228 e. The standard InChI is InChI=1S/C39H40ClN3O5/c1-24-10-7-8-13-29(24)41-34(46)18-19-35(47)43-31-14-9-15-32(44)37(31)42-30-21-39(2,3)22-33(45)36(30)38(43)27-17-16-26(20-28(27)40)48-23-25-11-5-4-6-12-25/h4-8,10-14,16-17,20,38,42,44H,9,15,18-19,21-23H2,1-3H3,(H,41,46). The molecule has 0 bridgehead atoms. The zero-order chi connectivity index (χ0) is 34.0. The van der Waals surface area contributed by atoms with E-state index < -0.39 is 6.04 Å². The summed E-state index contributed by atoms with van der Waals surface area (Å²) in [5.74, 6) is -0.111. The number of aliphatic hydroxyl groups is 1. The maximum atomic E-state index is 14.4. The molecule has 8 nitrogen and oxygen atoms in total. The summed E-state index contributed by atoms with van der Waals surface area (Å²) >= 11 is 7.02. The number of carbonyl (C=O) groups is 3. The maximum absolute atomic E-state index is 14.4. The molecule has 3 aliphatic rings. The third-order valence-electron chi connectivity index (χ3n) is 9.02. The molecule has 0 saturated heterocycles. The second-order valence-electron chi connectivity index (χ2n) is 13.4. The van der Waals surface area contributed by atoms with Gasteiger partial charge in [-0.1, -0.05) is 86.1 Å². The number of aliphatic hydroxyl groups excluding tert-OH is 1. The first-order chi connectivity index (χ1) is 23.0. The summed E-state index contributed by atoms with van der Waals surface area (Å²) in [7, 11) is 0. The van der Waals surface area contributed by atoms with Crippen molar-refractivity contribution in [2.75, 3.05) is 5.32 Å². The number of aryl methyl sites for hydroxylation is 1. The van der Waals surface area contributed by atoms with Crippen molar-refractivity contribution >= 4 is 34.9 Å². The van der Waals surface area contributed by atoms with Gasteiger partial charge in [0.15, 0.2) is 5.78 Å². The number of allylic oxidation sites excluding steroid dienone is 3. The zero-order valence-electron chi connectivity index (χ0n) is 27.4. The van der Waals surface area contributed by atoms with Crippen LogP contribution in [-0.4, -0.2) is 27.6 Å². The molecule has 0 spiro atoms. The summed E-state index contributed by atoms with van der Waals surface area (Å²) in [6.07, 6.45) is 3.41. The Kier molecular flexibility index (Phi) is 9.47. The van der Waals surface area contributed by atoms with Gasteiger partial charge in [0.1, 0.15) is 23.8 Å². The molecule has 1 unspecified atom stereocenters. The Bertz CT molecular complexity index is 1860. The number of hydrogen-bond acceptors (Lipinski definition) is 6. The van der Waals surface area contributed by atoms with Crippen molar-refractivity contribution in [1.82, 2.24) is 10.2 Å². The fourth-order valence-corrected chi connectivity index (χ4v) is 6.93. The molecule has 9 heteroatoms. The number of rotatable bonds is 8. The molecule has 0 aromatic heterocycles. The van der Waals surface area contributed by atoms with E-state index in [0.29, 0.717) is 70.6 Å². The second kappa shape index (κ2) is 13.7. The third kappa shape index (κ3) is 7.04. The van der Waals surface area contributed by atoms with Gasteiger partial charge < -0.3 is 20.5 Å². The van der Waals surface area contributed by atoms with Crippen LogP contribution in [0.3, 0.4) is 0 Å². The number of amides is 2. The molecule has 0 saturated carbocycles. The highest BCUT2D eigenvalue weighted by Crippen LogP contribution is 2.49. The predicted molar refractivity (Wildman–Crippen MR) is 186 cm³/mol. The first-order valence-corrected chi connectivity index (χ1v) is 16.7. The van der Waals surface area contributed by atoms with Gasteiger partial charge in [0.25, 0.3) is 0 Å². The first-order valence-electron chi connectivity index (χ1n) is 16.3. The van der Waals surface area contributed by atoms with Crippen LogP contribution in [0.1, 0.15) is 75.1 Å². The van der Waals surface area contributed by atoms with Crippen LogP contribution in [0.2, 0.25) is 5.02 Å². The number of anilines is 1. The number of halogens is 1. The fourth-order valence-electron chi connectivity index (χ4n) is 6.66. The number of ether oxygens (including phenoxy) is 1. The van der Waals surface area contributed by atoms with E-state index in [1.54, 1.807) is 23.1 Å². The highest BCUT2D eigenvalue weighted by Gasteiger charge is 2.45. The number of ketones is 1. The van der Waals surface area contributed by atoms with Crippen LogP contribution < -0.4 is 15.4 Å². The van der Waals surface area contributed by atoms with E-state index in [0.717, 1.165) is 11.1 Å². The number of nitrogens with one attached hydrogen (secondary N) is 2. The molecule has 1 heterocycles. The lowest BCUT2D eigenvalue weighted by atomic mass is 9.73. The van der Waals surface area contributed by atoms with Gasteiger partial charge in [-0.2, -0.15) is 0 Å². The highest BCUT2D eigenvalue weighted by atomic mass is 35.5. The van der Waals surface area contributed by atoms with Crippen LogP contribution in [0.15, 0.2) is 107 Å². The van der Waals surface area contributed by atoms with E-state index >= 15 is 0 Å². The number of benzene rings is 3. The molecule has 0 radical (unpaired) electrons. The number of para-hydroxylation sites is 1. The van der Waals surface area contributed by atoms with Crippen LogP contribution >= 0.6 is 11.6 Å². The van der Waals surface area contributed by atoms with E-state index in [2.05, 4.69) is 10.6 Å². The van der Waals surface area contributed by atoms with Crippen molar-refractivity contribution in [2.45, 2.75) is 71.9 Å². The highest BCUT2D eigenvalue weighted by molar-refractivity contribution is 6.31. The topological polar surface area (TPSA) is 108 Å². The molecule has 3 N–H and O–H groups in total. The molecule has 1 aliphatic heterocycles. The minimum Gasteiger partial charge on any atom is -0.510 e. The van der Waals surface area contributed by atoms with Crippen molar-refractivity contribution in [2.24, 2.45) is 5.41 Å². The quantitative estimate of drug-likeness (QED) is 0.224. The van der Waals surface area contributed by atoms with Gasteiger partial charge in [0.05, 0.1) is 11.7 Å². The van der Waals surface area contributed by atoms with Crippen molar-refractivity contribution < 1.29 is 24.2 Å². The van der Waals surface area contributed by atoms with E-state index in [9.17, 15) is 19.5 Å². The minimum atomic E-state index is -0.895. The molecule has 3 aromatic rings. The Morgan fingerprint density at radius 3 is 2.54 bits per heavy atom. The van der Waals surface area contributed by atoms with Gasteiger partial charge in [-0.25, -0.2) is 0 Å². The van der Waals surface area contributed by atoms with Crippen LogP contribution in [0.25, 0.3) is 0 Å². The number of Topliss-reactive ketones (excluding diaryl/α,β-unsaturated/α-hetero) is 1. The predicted octanol–water partition coefficient (Wildman–Crippen LogP) is 8.21. The maximum Gasteiger partial charge on any atom is 0.228 e. The van der Waals surface area contributed by atoms with Crippen molar-refractivity contribution in [1.29, 1.82) is 0 Å². The summed E-state index contributed by atoms with van der Waals surface area (Å²) in [4.78, 5) is 43.2. The van der Waals surface area contributed by atoms with Gasteiger partial charge in [-0.05, 0) is 60.1 Å². The Morgan fingerprint density at radius 1 is 1.04 bits per heavy atom. The number of fused-ring (bicyclic) bond motifs is 1. The van der Waals surface area contributed by atoms with Gasteiger partial charge in [0.2, 0.25) is 11.8 Å². The SMILES string of the molecule is Cc1ccccc1NC(=O)CCC(=O)N1C2=CCCC(O)=C2NC2=C(C(=O)CC(C)(C)C2)C1c1ccc(OCc2ccccc2)cc1Cl. The van der Waals surface area contributed by atoms with E-state index in [4.69, 9.17) is 16.3 Å². The van der Waals surface area contributed by atoms with Crippen LogP contribution in [0, 0.1) is 12.3 Å². The van der Waals surface area contributed by atoms with E-state index in [1.807, 2.05) is 81.4 Å². The third-order valence-corrected chi connectivity index (χ3v) is 9.35. The monoisotopic (exact) mass is 665 g/mol. The molecule has 0 fully saturated rings. The summed E-state index contributed by atoms with van der Waals surface area (Å²) in [5.41, 5.74) is 4.77. The van der Waals surface area contributed by atoms with Gasteiger partial charge >= 0.3 is 0 Å². The molecule has 3 aromatic carbocycles. The van der Waals surface area contributed by atoms with Crippen LogP contribution in [-0.2, 0) is 21.0 Å². The van der Waals surface area contributed by atoms with Crippen molar-refractivity contribution in [3.63, 3.8) is 0 Å². The van der Waals surface area contributed by atoms with E-state index in [1.165, 1.54) is 0 Å². The average molecular weight is 666 g/mol. The average Bonchev–Trinajstić information content (AvgIpc) is 3.19. The lowest BCUT2D eigenvalue weighted by Gasteiger charge is -2.37. The molecular formula is C39H40ClN3O5. The molecule has 6 rings (SSSR count). The second-order valence-corrected chi connectivity index (χ2v) is 13.8. The Morgan fingerprint density at radius 2 is 1.79 bits per heavy atom. The minimum absolute atomic E-state index is 0.0744. The molecule has 48 heavy (non-hydrogen) atoms. The molecular weight excluding hydrogens is 626 g/mol. The number of nitrogens with zero attached hydrogens (tertiary/aromatic N) is 1. The largest absolute Gasteiger partial charge is 0.510 e. The van der Waals surface area contributed by atoms with Crippen molar-refractivity contribution in [3.8, 4) is 5.75 Å². The van der Waals surface area contributed by atoms with Gasteiger partial charge in [-0.3, -0.25) is 19.3 Å². The van der Waals surface area contributed by atoms with E-state index in [-0.39, 0.29) is 48.0 Å². The fraction of sp³-hybridized carbons (Fsp3) is 0.308. The van der Waals surface area contributed by atoms with Crippen molar-refractivity contribution in [3.05, 3.63) is 129 Å². The number of carbonyl (C=O) groups excluding carboxylic acids is 3. The van der Waals surface area contributed by atoms with Crippen LogP contribution in [0.5, 0.6) is 5.75 Å². The molecule has 2 amide bonds. The summed E-state index contributed by atoms with van der Waals surface area (Å²) in [5, 5.41) is 17.8. The number of hydrogen-bond donors (Lipinski definition) is 3. The lowest BCUT2D eigenvalue weighted by molar-refractivity contribution is -0.132. The van der Waals surface area contributed by atoms with Gasteiger partial charge in [0, 0.05) is 47.7 Å². The van der Waals surface area contributed by atoms with Gasteiger partial charge in [-0.15, -0.1) is 0 Å². The lowest BCUT2D eigenvalue weighted by Crippen LogP contribution is -2.39.